The van der Waals surface area contributed by atoms with Crippen molar-refractivity contribution in [3.8, 4) is 0 Å². The van der Waals surface area contributed by atoms with Crippen LogP contribution in [0.15, 0.2) is 0 Å². The number of alkyl halides is 3. The Kier molecular flexibility index (Phi) is 7.51. The molecule has 0 radical (unpaired) electrons. The molecule has 0 spiro atoms. The van der Waals surface area contributed by atoms with Gasteiger partial charge in [-0.1, -0.05) is 20.8 Å². The first-order valence-electron chi connectivity index (χ1n) is 6.70. The smallest absolute Gasteiger partial charge is 0.382 e. The molecular formula is C13H25F3N2O2. The van der Waals surface area contributed by atoms with E-state index >= 15 is 0 Å². The predicted molar refractivity (Wildman–Crippen MR) is 70.9 cm³/mol. The van der Waals surface area contributed by atoms with E-state index in [1.54, 1.807) is 0 Å². The van der Waals surface area contributed by atoms with Crippen molar-refractivity contribution in [2.45, 2.75) is 52.3 Å². The lowest BCUT2D eigenvalue weighted by Crippen LogP contribution is -2.40. The molecule has 2 atom stereocenters. The van der Waals surface area contributed by atoms with Crippen LogP contribution in [-0.4, -0.2) is 36.4 Å². The highest BCUT2D eigenvalue weighted by molar-refractivity contribution is 5.75. The van der Waals surface area contributed by atoms with Gasteiger partial charge in [0.05, 0.1) is 6.54 Å². The highest BCUT2D eigenvalue weighted by Gasteiger charge is 2.38. The lowest BCUT2D eigenvalue weighted by molar-refractivity contribution is -0.201. The maximum absolute atomic E-state index is 12.1. The van der Waals surface area contributed by atoms with Crippen molar-refractivity contribution in [2.75, 3.05) is 13.1 Å². The van der Waals surface area contributed by atoms with Gasteiger partial charge in [-0.15, -0.1) is 0 Å². The zero-order valence-electron chi connectivity index (χ0n) is 12.3. The highest BCUT2D eigenvalue weighted by Crippen LogP contribution is 2.32. The van der Waals surface area contributed by atoms with Crippen molar-refractivity contribution in [3.05, 3.63) is 0 Å². The van der Waals surface area contributed by atoms with Gasteiger partial charge in [0.1, 0.15) is 0 Å². The summed E-state index contributed by atoms with van der Waals surface area (Å²) in [6, 6.07) is 0. The average molecular weight is 298 g/mol. The lowest BCUT2D eigenvalue weighted by Gasteiger charge is -2.30. The normalized spacial score (nSPS) is 15.8. The molecule has 2 unspecified atom stereocenters. The van der Waals surface area contributed by atoms with Crippen LogP contribution in [0.2, 0.25) is 0 Å². The second-order valence-electron chi connectivity index (χ2n) is 6.04. The minimum atomic E-state index is -4.71. The van der Waals surface area contributed by atoms with Gasteiger partial charge in [-0.05, 0) is 30.7 Å². The van der Waals surface area contributed by atoms with Gasteiger partial charge >= 0.3 is 6.18 Å². The molecule has 120 valence electrons. The summed E-state index contributed by atoms with van der Waals surface area (Å²) >= 11 is 0. The van der Waals surface area contributed by atoms with Gasteiger partial charge in [-0.25, -0.2) is 0 Å². The van der Waals surface area contributed by atoms with E-state index in [0.717, 1.165) is 6.42 Å². The number of carbonyl (C=O) groups is 1. The first kappa shape index (κ1) is 19.2. The standard InChI is InChI=1S/C13H25F3N2O2/c1-12(2,3)9(6-7-17)4-5-11(20)18-8-10(19)13(14,15)16/h9-10,19H,4-8,17H2,1-3H3,(H,18,20). The van der Waals surface area contributed by atoms with Gasteiger partial charge < -0.3 is 16.2 Å². The molecule has 0 saturated heterocycles. The third-order valence-corrected chi connectivity index (χ3v) is 3.33. The molecule has 1 amide bonds. The van der Waals surface area contributed by atoms with E-state index in [1.165, 1.54) is 0 Å². The number of nitrogens with two attached hydrogens (primary N) is 1. The topological polar surface area (TPSA) is 75.4 Å². The molecular weight excluding hydrogens is 273 g/mol. The summed E-state index contributed by atoms with van der Waals surface area (Å²) in [5, 5.41) is 10.9. The van der Waals surface area contributed by atoms with Gasteiger partial charge in [0.15, 0.2) is 6.10 Å². The monoisotopic (exact) mass is 298 g/mol. The number of nitrogens with one attached hydrogen (secondary N) is 1. The van der Waals surface area contributed by atoms with Crippen LogP contribution in [0.3, 0.4) is 0 Å². The number of carbonyl (C=O) groups excluding carboxylic acids is 1. The number of halogens is 3. The predicted octanol–water partition coefficient (Wildman–Crippen LogP) is 1.82. The van der Waals surface area contributed by atoms with Gasteiger partial charge in [-0.2, -0.15) is 13.2 Å². The van der Waals surface area contributed by atoms with E-state index in [4.69, 9.17) is 10.8 Å². The molecule has 4 nitrogen and oxygen atoms in total. The third kappa shape index (κ3) is 7.69. The molecule has 0 bridgehead atoms. The van der Waals surface area contributed by atoms with Crippen LogP contribution in [0, 0.1) is 11.3 Å². The van der Waals surface area contributed by atoms with Crippen molar-refractivity contribution < 1.29 is 23.1 Å². The molecule has 4 N–H and O–H groups in total. The fourth-order valence-corrected chi connectivity index (χ4v) is 1.93. The second-order valence-corrected chi connectivity index (χ2v) is 6.04. The molecule has 7 heteroatoms. The van der Waals surface area contributed by atoms with Crippen LogP contribution in [0.1, 0.15) is 40.0 Å². The van der Waals surface area contributed by atoms with Crippen LogP contribution < -0.4 is 11.1 Å². The molecule has 0 aromatic heterocycles. The van der Waals surface area contributed by atoms with Gasteiger partial charge in [0.2, 0.25) is 5.91 Å². The number of amides is 1. The van der Waals surface area contributed by atoms with E-state index in [9.17, 15) is 18.0 Å². The van der Waals surface area contributed by atoms with Crippen LogP contribution >= 0.6 is 0 Å². The van der Waals surface area contributed by atoms with Crippen LogP contribution in [0.25, 0.3) is 0 Å². The molecule has 0 heterocycles. The summed E-state index contributed by atoms with van der Waals surface area (Å²) in [6.45, 7) is 5.83. The average Bonchev–Trinajstić information content (AvgIpc) is 2.28. The van der Waals surface area contributed by atoms with E-state index in [2.05, 4.69) is 5.32 Å². The van der Waals surface area contributed by atoms with Gasteiger partial charge in [-0.3, -0.25) is 4.79 Å². The van der Waals surface area contributed by atoms with Gasteiger partial charge in [0, 0.05) is 6.42 Å². The Hall–Kier alpha value is -0.820. The summed E-state index contributed by atoms with van der Waals surface area (Å²) in [4.78, 5) is 11.5. The fraction of sp³-hybridized carbons (Fsp3) is 0.923. The SMILES string of the molecule is CC(C)(C)C(CCN)CCC(=O)NCC(O)C(F)(F)F. The van der Waals surface area contributed by atoms with Crippen molar-refractivity contribution in [2.24, 2.45) is 17.1 Å². The molecule has 0 saturated carbocycles. The van der Waals surface area contributed by atoms with E-state index in [1.807, 2.05) is 20.8 Å². The second kappa shape index (κ2) is 7.83. The lowest BCUT2D eigenvalue weighted by atomic mass is 9.76. The zero-order valence-corrected chi connectivity index (χ0v) is 12.3. The highest BCUT2D eigenvalue weighted by atomic mass is 19.4. The van der Waals surface area contributed by atoms with Crippen molar-refractivity contribution in [3.63, 3.8) is 0 Å². The Balaban J connectivity index is 4.15. The quantitative estimate of drug-likeness (QED) is 0.671. The molecule has 0 rings (SSSR count). The summed E-state index contributed by atoms with van der Waals surface area (Å²) in [5.41, 5.74) is 5.51. The van der Waals surface area contributed by atoms with Crippen LogP contribution in [0.4, 0.5) is 13.2 Å². The third-order valence-electron chi connectivity index (χ3n) is 3.33. The van der Waals surface area contributed by atoms with Gasteiger partial charge in [0.25, 0.3) is 0 Å². The number of aliphatic hydroxyl groups is 1. The summed E-state index contributed by atoms with van der Waals surface area (Å²) in [5.74, 6) is -0.259. The number of rotatable bonds is 7. The molecule has 0 aliphatic rings. The van der Waals surface area contributed by atoms with Crippen molar-refractivity contribution in [1.82, 2.24) is 5.32 Å². The molecule has 20 heavy (non-hydrogen) atoms. The number of hydrogen-bond donors (Lipinski definition) is 3. The van der Waals surface area contributed by atoms with Crippen LogP contribution in [-0.2, 0) is 4.79 Å². The maximum Gasteiger partial charge on any atom is 0.416 e. The Morgan fingerprint density at radius 3 is 2.20 bits per heavy atom. The Morgan fingerprint density at radius 2 is 1.80 bits per heavy atom. The first-order valence-corrected chi connectivity index (χ1v) is 6.70. The molecule has 0 aromatic rings. The molecule has 0 aromatic carbocycles. The minimum Gasteiger partial charge on any atom is -0.382 e. The zero-order chi connectivity index (χ0) is 16.0. The molecule has 0 fully saturated rings. The number of hydrogen-bond acceptors (Lipinski definition) is 3. The molecule has 0 aliphatic carbocycles. The number of aliphatic hydroxyl groups excluding tert-OH is 1. The maximum atomic E-state index is 12.1. The Morgan fingerprint density at radius 1 is 1.25 bits per heavy atom. The van der Waals surface area contributed by atoms with E-state index in [-0.39, 0.29) is 17.8 Å². The Labute approximate surface area is 117 Å². The first-order chi connectivity index (χ1) is 8.98. The van der Waals surface area contributed by atoms with Crippen molar-refractivity contribution in [1.29, 1.82) is 0 Å². The minimum absolute atomic E-state index is 0.00880. The van der Waals surface area contributed by atoms with Crippen LogP contribution in [0.5, 0.6) is 0 Å². The molecule has 0 aliphatic heterocycles. The van der Waals surface area contributed by atoms with E-state index in [0.29, 0.717) is 13.0 Å². The Bertz CT molecular complexity index is 301. The van der Waals surface area contributed by atoms with Crippen molar-refractivity contribution >= 4 is 5.91 Å². The largest absolute Gasteiger partial charge is 0.416 e. The summed E-state index contributed by atoms with van der Waals surface area (Å²) < 4.78 is 36.2. The summed E-state index contributed by atoms with van der Waals surface area (Å²) in [7, 11) is 0. The fourth-order valence-electron chi connectivity index (χ4n) is 1.93. The van der Waals surface area contributed by atoms with E-state index < -0.39 is 24.7 Å². The summed E-state index contributed by atoms with van der Waals surface area (Å²) in [6.07, 6.45) is -5.77.